The maximum Gasteiger partial charge on any atom is 0.319 e. The number of fused-ring (bicyclic) bond motifs is 3. The molecule has 1 saturated heterocycles. The summed E-state index contributed by atoms with van der Waals surface area (Å²) in [6, 6.07) is 6.80. The van der Waals surface area contributed by atoms with Gasteiger partial charge in [-0.05, 0) is 48.4 Å². The fourth-order valence-electron chi connectivity index (χ4n) is 5.89. The molecule has 3 aliphatic heterocycles. The number of rotatable bonds is 3. The van der Waals surface area contributed by atoms with Crippen molar-refractivity contribution in [2.24, 2.45) is 5.92 Å². The zero-order valence-electron chi connectivity index (χ0n) is 15.8. The number of carbonyl (C=O) groups excluding carboxylic acids is 1. The number of carbonyl (C=O) groups is 1. The van der Waals surface area contributed by atoms with E-state index >= 15 is 0 Å². The molecule has 1 fully saturated rings. The standard InChI is InChI=1S/C22H25IN2O2/c1-3-15-8-14-10-22(21(26)27-2)19-16(6-7-25(12-14)20(15)22)17-9-13(11-23)4-5-18(17)24-19/h4-5,8-9,14,20,24H,3,6-7,10-12H2,1-2H3. The molecular weight excluding hydrogens is 451 g/mol. The van der Waals surface area contributed by atoms with Crippen molar-refractivity contribution in [1.29, 1.82) is 0 Å². The lowest BCUT2D eigenvalue weighted by molar-refractivity contribution is -0.153. The highest BCUT2D eigenvalue weighted by Gasteiger charge is 2.60. The number of alkyl halides is 1. The minimum absolute atomic E-state index is 0.0786. The average molecular weight is 476 g/mol. The zero-order chi connectivity index (χ0) is 18.8. The summed E-state index contributed by atoms with van der Waals surface area (Å²) in [6.45, 7) is 4.28. The third kappa shape index (κ3) is 2.33. The molecule has 4 unspecified atom stereocenters. The van der Waals surface area contributed by atoms with Gasteiger partial charge in [-0.1, -0.05) is 47.2 Å². The Morgan fingerprint density at radius 2 is 2.30 bits per heavy atom. The summed E-state index contributed by atoms with van der Waals surface area (Å²) in [5, 5.41) is 1.29. The minimum Gasteiger partial charge on any atom is -0.468 e. The first kappa shape index (κ1) is 17.7. The second kappa shape index (κ2) is 6.34. The van der Waals surface area contributed by atoms with E-state index in [0.717, 1.165) is 48.0 Å². The number of aromatic amines is 1. The molecule has 27 heavy (non-hydrogen) atoms. The molecule has 4 aliphatic rings. The molecule has 4 atom stereocenters. The molecule has 1 aliphatic carbocycles. The average Bonchev–Trinajstić information content (AvgIpc) is 3.04. The van der Waals surface area contributed by atoms with Gasteiger partial charge in [-0.15, -0.1) is 0 Å². The largest absolute Gasteiger partial charge is 0.468 e. The predicted molar refractivity (Wildman–Crippen MR) is 115 cm³/mol. The first-order valence-electron chi connectivity index (χ1n) is 9.85. The van der Waals surface area contributed by atoms with Crippen LogP contribution in [0.5, 0.6) is 0 Å². The minimum atomic E-state index is -0.604. The van der Waals surface area contributed by atoms with E-state index in [0.29, 0.717) is 5.92 Å². The van der Waals surface area contributed by atoms with Gasteiger partial charge in [0.15, 0.2) is 0 Å². The van der Waals surface area contributed by atoms with Crippen molar-refractivity contribution in [3.8, 4) is 0 Å². The maximum absolute atomic E-state index is 13.4. The molecular formula is C22H25IN2O2. The summed E-state index contributed by atoms with van der Waals surface area (Å²) in [5.41, 5.74) is 5.72. The van der Waals surface area contributed by atoms with Crippen molar-refractivity contribution in [3.05, 3.63) is 46.7 Å². The molecule has 4 heterocycles. The second-order valence-corrected chi connectivity index (χ2v) is 8.92. The molecule has 5 heteroatoms. The summed E-state index contributed by atoms with van der Waals surface area (Å²) < 4.78 is 6.45. The van der Waals surface area contributed by atoms with Gasteiger partial charge in [0, 0.05) is 34.1 Å². The van der Waals surface area contributed by atoms with E-state index in [-0.39, 0.29) is 12.0 Å². The third-order valence-corrected chi connectivity index (χ3v) is 7.74. The molecule has 142 valence electrons. The zero-order valence-corrected chi connectivity index (χ0v) is 18.0. The first-order chi connectivity index (χ1) is 13.1. The summed E-state index contributed by atoms with van der Waals surface area (Å²) in [7, 11) is 1.54. The van der Waals surface area contributed by atoms with Crippen molar-refractivity contribution in [3.63, 3.8) is 0 Å². The Hall–Kier alpha value is -1.34. The van der Waals surface area contributed by atoms with Crippen molar-refractivity contribution < 1.29 is 9.53 Å². The first-order valence-corrected chi connectivity index (χ1v) is 11.4. The Labute approximate surface area is 173 Å². The van der Waals surface area contributed by atoms with Crippen LogP contribution in [0.2, 0.25) is 0 Å². The van der Waals surface area contributed by atoms with Crippen LogP contribution in [-0.4, -0.2) is 42.1 Å². The number of piperidine rings is 1. The molecule has 2 aromatic rings. The topological polar surface area (TPSA) is 45.3 Å². The Balaban J connectivity index is 1.81. The number of halogens is 1. The number of hydrogen-bond donors (Lipinski definition) is 1. The lowest BCUT2D eigenvalue weighted by atomic mass is 9.60. The summed E-state index contributed by atoms with van der Waals surface area (Å²) in [5.74, 6) is 0.344. The highest BCUT2D eigenvalue weighted by Crippen LogP contribution is 2.53. The van der Waals surface area contributed by atoms with Gasteiger partial charge in [0.2, 0.25) is 0 Å². The van der Waals surface area contributed by atoms with Gasteiger partial charge in [0.1, 0.15) is 5.41 Å². The van der Waals surface area contributed by atoms with Crippen molar-refractivity contribution in [1.82, 2.24) is 9.88 Å². The predicted octanol–water partition coefficient (Wildman–Crippen LogP) is 4.11. The van der Waals surface area contributed by atoms with Gasteiger partial charge >= 0.3 is 5.97 Å². The molecule has 0 spiro atoms. The molecule has 0 saturated carbocycles. The molecule has 6 rings (SSSR count). The van der Waals surface area contributed by atoms with E-state index in [9.17, 15) is 4.79 Å². The molecule has 0 radical (unpaired) electrons. The fraction of sp³-hybridized carbons (Fsp3) is 0.500. The normalized spacial score (nSPS) is 31.4. The summed E-state index contributed by atoms with van der Waals surface area (Å²) >= 11 is 2.41. The summed E-state index contributed by atoms with van der Waals surface area (Å²) in [6.07, 6.45) is 5.26. The van der Waals surface area contributed by atoms with E-state index < -0.39 is 5.41 Å². The SMILES string of the molecule is CCC1=CC2CN3CCc4c([nH]c5ccc(CI)cc45)C(C(=O)OC)(C2)C13. The number of ether oxygens (including phenoxy) is 1. The van der Waals surface area contributed by atoms with E-state index in [2.05, 4.69) is 63.7 Å². The van der Waals surface area contributed by atoms with E-state index in [1.54, 1.807) is 7.11 Å². The highest BCUT2D eigenvalue weighted by atomic mass is 127. The van der Waals surface area contributed by atoms with E-state index in [1.807, 2.05) is 0 Å². The molecule has 1 aromatic heterocycles. The van der Waals surface area contributed by atoms with Crippen LogP contribution in [0.4, 0.5) is 0 Å². The maximum atomic E-state index is 13.4. The number of esters is 1. The van der Waals surface area contributed by atoms with Gasteiger partial charge in [-0.2, -0.15) is 0 Å². The van der Waals surface area contributed by atoms with Crippen LogP contribution in [0.1, 0.15) is 36.6 Å². The van der Waals surface area contributed by atoms with E-state index in [1.165, 1.54) is 22.1 Å². The lowest BCUT2D eigenvalue weighted by Crippen LogP contribution is -2.63. The quantitative estimate of drug-likeness (QED) is 0.314. The molecule has 1 N–H and O–H groups in total. The molecule has 4 nitrogen and oxygen atoms in total. The van der Waals surface area contributed by atoms with Crippen LogP contribution in [0.25, 0.3) is 10.9 Å². The second-order valence-electron chi connectivity index (χ2n) is 8.16. The van der Waals surface area contributed by atoms with Crippen molar-refractivity contribution in [2.45, 2.75) is 42.1 Å². The van der Waals surface area contributed by atoms with Gasteiger partial charge in [-0.25, -0.2) is 0 Å². The third-order valence-electron chi connectivity index (χ3n) is 6.86. The van der Waals surface area contributed by atoms with Gasteiger partial charge < -0.3 is 9.72 Å². The number of methoxy groups -OCH3 is 1. The Morgan fingerprint density at radius 3 is 3.04 bits per heavy atom. The van der Waals surface area contributed by atoms with E-state index in [4.69, 9.17) is 4.74 Å². The summed E-state index contributed by atoms with van der Waals surface area (Å²) in [4.78, 5) is 19.6. The van der Waals surface area contributed by atoms with Crippen LogP contribution in [-0.2, 0) is 25.8 Å². The van der Waals surface area contributed by atoms with Crippen LogP contribution in [0.3, 0.4) is 0 Å². The molecule has 0 amide bonds. The number of nitrogens with zero attached hydrogens (tertiary/aromatic N) is 1. The fourth-order valence-corrected chi connectivity index (χ4v) is 6.36. The van der Waals surface area contributed by atoms with Crippen molar-refractivity contribution >= 4 is 39.5 Å². The van der Waals surface area contributed by atoms with Crippen LogP contribution < -0.4 is 0 Å². The monoisotopic (exact) mass is 476 g/mol. The van der Waals surface area contributed by atoms with Crippen LogP contribution in [0.15, 0.2) is 29.8 Å². The number of aromatic nitrogens is 1. The van der Waals surface area contributed by atoms with Gasteiger partial charge in [0.05, 0.1) is 13.2 Å². The number of hydrogen-bond acceptors (Lipinski definition) is 3. The smallest absolute Gasteiger partial charge is 0.319 e. The van der Waals surface area contributed by atoms with Gasteiger partial charge in [0.25, 0.3) is 0 Å². The Bertz CT molecular complexity index is 963. The number of nitrogens with one attached hydrogen (secondary N) is 1. The number of H-pyrrole nitrogens is 1. The Morgan fingerprint density at radius 1 is 1.44 bits per heavy atom. The van der Waals surface area contributed by atoms with Crippen LogP contribution >= 0.6 is 22.6 Å². The van der Waals surface area contributed by atoms with Gasteiger partial charge in [-0.3, -0.25) is 9.69 Å². The molecule has 1 aromatic carbocycles. The lowest BCUT2D eigenvalue weighted by Gasteiger charge is -2.53. The Kier molecular flexibility index (Phi) is 4.17. The molecule has 4 bridgehead atoms. The number of benzene rings is 1. The highest BCUT2D eigenvalue weighted by molar-refractivity contribution is 14.1. The van der Waals surface area contributed by atoms with Crippen LogP contribution in [0, 0.1) is 5.92 Å². The van der Waals surface area contributed by atoms with Crippen molar-refractivity contribution in [2.75, 3.05) is 20.2 Å².